The first kappa shape index (κ1) is 103. The van der Waals surface area contributed by atoms with Crippen LogP contribution in [0.1, 0.15) is 165 Å². The molecular formula is C92H112Cl2N2O28. The van der Waals surface area contributed by atoms with Crippen molar-refractivity contribution in [2.75, 3.05) is 132 Å². The number of methoxy groups -OCH3 is 17. The minimum atomic E-state index is -0.599. The largest absolute Gasteiger partial charge is 0.497 e. The van der Waals surface area contributed by atoms with E-state index in [1.54, 1.807) is 182 Å². The number of anilines is 2. The fourth-order valence-corrected chi connectivity index (χ4v) is 10.8. The van der Waals surface area contributed by atoms with E-state index in [1.165, 1.54) is 62.9 Å². The van der Waals surface area contributed by atoms with Crippen LogP contribution < -0.4 is 77.4 Å². The summed E-state index contributed by atoms with van der Waals surface area (Å²) in [5.41, 5.74) is 8.37. The molecule has 0 radical (unpaired) electrons. The molecule has 672 valence electrons. The Hall–Kier alpha value is -13.1. The van der Waals surface area contributed by atoms with Crippen LogP contribution in [0.3, 0.4) is 0 Å². The van der Waals surface area contributed by atoms with Crippen LogP contribution in [0.25, 0.3) is 0 Å². The molecule has 124 heavy (non-hydrogen) atoms. The number of benzene rings is 6. The molecule has 0 bridgehead atoms. The Morgan fingerprint density at radius 2 is 0.621 bits per heavy atom. The fourth-order valence-electron chi connectivity index (χ4n) is 10.6. The van der Waals surface area contributed by atoms with Crippen LogP contribution in [0, 0.1) is 16.2 Å². The number of amides is 1. The lowest BCUT2D eigenvalue weighted by Gasteiger charge is -2.20. The van der Waals surface area contributed by atoms with E-state index in [9.17, 15) is 33.6 Å². The van der Waals surface area contributed by atoms with Gasteiger partial charge in [-0.3, -0.25) is 19.2 Å². The molecular weight excluding hydrogens is 1650 g/mol. The Morgan fingerprint density at radius 1 is 0.323 bits per heavy atom. The average molecular weight is 1760 g/mol. The summed E-state index contributed by atoms with van der Waals surface area (Å²) in [5.74, 6) is 9.14. The van der Waals surface area contributed by atoms with Crippen LogP contribution in [0.4, 0.5) is 11.4 Å². The molecule has 0 saturated carbocycles. The molecule has 6 aromatic carbocycles. The zero-order valence-electron chi connectivity index (χ0n) is 74.9. The van der Waals surface area contributed by atoms with E-state index in [-0.39, 0.29) is 51.1 Å². The van der Waals surface area contributed by atoms with Gasteiger partial charge in [-0.05, 0) is 90.5 Å². The first-order chi connectivity index (χ1) is 58.7. The van der Waals surface area contributed by atoms with Gasteiger partial charge in [0.15, 0.2) is 17.3 Å². The van der Waals surface area contributed by atoms with Gasteiger partial charge in [0.25, 0.3) is 5.91 Å². The number of esters is 3. The van der Waals surface area contributed by atoms with Crippen LogP contribution in [-0.2, 0) is 44.1 Å². The maximum Gasteiger partial charge on any atom is 0.373 e. The number of furan rings is 4. The van der Waals surface area contributed by atoms with Crippen molar-refractivity contribution in [1.29, 1.82) is 0 Å². The molecule has 0 spiro atoms. The zero-order chi connectivity index (χ0) is 92.9. The summed E-state index contributed by atoms with van der Waals surface area (Å²) in [4.78, 5) is 82.7. The Morgan fingerprint density at radius 3 is 0.935 bits per heavy atom. The predicted molar refractivity (Wildman–Crippen MR) is 467 cm³/mol. The summed E-state index contributed by atoms with van der Waals surface area (Å²) >= 11 is 10.6. The number of alkyl halides is 1. The molecule has 0 aliphatic rings. The maximum absolute atomic E-state index is 13.0. The number of rotatable bonds is 28. The van der Waals surface area contributed by atoms with Crippen LogP contribution in [0.5, 0.6) is 80.5 Å². The summed E-state index contributed by atoms with van der Waals surface area (Å²) in [6.45, 7) is 16.5. The first-order valence-corrected chi connectivity index (χ1v) is 38.7. The normalized spacial score (nSPS) is 10.5. The number of nitrogen functional groups attached to an aromatic ring is 1. The Balaban J connectivity index is 0.000000325. The minimum Gasteiger partial charge on any atom is -0.497 e. The van der Waals surface area contributed by atoms with E-state index in [0.29, 0.717) is 128 Å². The van der Waals surface area contributed by atoms with Crippen molar-refractivity contribution in [3.05, 3.63) is 213 Å². The molecule has 3 N–H and O–H groups in total. The molecule has 10 rings (SSSR count). The van der Waals surface area contributed by atoms with E-state index in [0.717, 1.165) is 33.9 Å². The second-order valence-electron chi connectivity index (χ2n) is 29.0. The van der Waals surface area contributed by atoms with Gasteiger partial charge in [0, 0.05) is 101 Å². The van der Waals surface area contributed by atoms with Gasteiger partial charge in [0.1, 0.15) is 115 Å². The number of Topliss-reactive ketones (excluding diaryl/α,β-unsaturated/α-hetero) is 2. The highest BCUT2D eigenvalue weighted by molar-refractivity contribution is 6.64. The van der Waals surface area contributed by atoms with Gasteiger partial charge in [-0.2, -0.15) is 0 Å². The molecule has 32 heteroatoms. The molecule has 4 heterocycles. The smallest absolute Gasteiger partial charge is 0.373 e. The van der Waals surface area contributed by atoms with Crippen molar-refractivity contribution in [1.82, 2.24) is 0 Å². The third-order valence-corrected chi connectivity index (χ3v) is 18.2. The van der Waals surface area contributed by atoms with Crippen molar-refractivity contribution in [2.24, 2.45) is 16.2 Å². The van der Waals surface area contributed by atoms with Crippen LogP contribution in [0.15, 0.2) is 157 Å². The highest BCUT2D eigenvalue weighted by Crippen LogP contribution is 2.42. The number of carbonyl (C=O) groups excluding carboxylic acids is 7. The van der Waals surface area contributed by atoms with Crippen molar-refractivity contribution in [2.45, 2.75) is 87.5 Å². The Bertz CT molecular complexity index is 5080. The number of nitrogens with two attached hydrogens (primary N) is 1. The first-order valence-electron chi connectivity index (χ1n) is 37.8. The van der Waals surface area contributed by atoms with Crippen molar-refractivity contribution < 1.29 is 132 Å². The summed E-state index contributed by atoms with van der Waals surface area (Å²) in [7, 11) is 25.6. The number of ether oxygens (including phenoxy) is 17. The van der Waals surface area contributed by atoms with E-state index < -0.39 is 34.6 Å². The molecule has 30 nitrogen and oxygen atoms in total. The van der Waals surface area contributed by atoms with Crippen LogP contribution in [-0.4, -0.2) is 161 Å². The summed E-state index contributed by atoms with van der Waals surface area (Å²) < 4.78 is 109. The quantitative estimate of drug-likeness (QED) is 0.0115. The molecule has 0 aliphatic carbocycles. The highest BCUT2D eigenvalue weighted by atomic mass is 35.5. The zero-order valence-corrected chi connectivity index (χ0v) is 76.4. The van der Waals surface area contributed by atoms with Crippen molar-refractivity contribution in [3.8, 4) is 80.5 Å². The Kier molecular flexibility index (Phi) is 41.4. The van der Waals surface area contributed by atoms with E-state index in [1.807, 2.05) is 77.9 Å². The lowest BCUT2D eigenvalue weighted by Crippen LogP contribution is -2.21. The molecule has 0 fully saturated rings. The number of carbonyl (C=O) groups is 7. The van der Waals surface area contributed by atoms with Gasteiger partial charge in [-0.15, -0.1) is 11.6 Å². The molecule has 0 saturated heterocycles. The van der Waals surface area contributed by atoms with Gasteiger partial charge in [0.2, 0.25) is 22.5 Å². The summed E-state index contributed by atoms with van der Waals surface area (Å²) in [5, 5.41) is 2.50. The van der Waals surface area contributed by atoms with Crippen molar-refractivity contribution >= 4 is 75.2 Å². The number of ketones is 2. The molecule has 0 aliphatic heterocycles. The summed E-state index contributed by atoms with van der Waals surface area (Å²) in [6.07, 6.45) is 1.17. The fraction of sp³-hybridized carbons (Fsp3) is 0.359. The van der Waals surface area contributed by atoms with E-state index in [4.69, 9.17) is 113 Å². The second-order valence-corrected chi connectivity index (χ2v) is 29.6. The molecule has 0 atom stereocenters. The predicted octanol–water partition coefficient (Wildman–Crippen LogP) is 18.6. The number of hydrogen-bond acceptors (Lipinski definition) is 29. The monoisotopic (exact) mass is 1760 g/mol. The van der Waals surface area contributed by atoms with Crippen molar-refractivity contribution in [3.63, 3.8) is 0 Å². The average Bonchev–Trinajstić information content (AvgIpc) is 1.13. The van der Waals surface area contributed by atoms with Gasteiger partial charge in [-0.1, -0.05) is 74.4 Å². The third kappa shape index (κ3) is 30.5. The molecule has 0 unspecified atom stereocenters. The van der Waals surface area contributed by atoms with Crippen LogP contribution >= 0.6 is 23.2 Å². The van der Waals surface area contributed by atoms with Gasteiger partial charge >= 0.3 is 17.9 Å². The van der Waals surface area contributed by atoms with Crippen LogP contribution in [0.2, 0.25) is 0 Å². The maximum atomic E-state index is 13.0. The minimum absolute atomic E-state index is 0.0343. The Labute approximate surface area is 732 Å². The standard InChI is InChI=1S/C28H33NO8.C20H24O6.C15H16O5.C9H13NO3.C8H10O2.C7H7ClO3.C5H9ClO/c1-28(2,3)26(30)19-12-16(21(33-5)15-22(19)34-6)11-17-9-10-20(37-17)27(31)29-25-23(35-7)13-18(32-4)14-24(25)36-8;1-20(2,3)18(21)14-10-12(16(23-4)11-17(14)24-5)9-13-7-8-15(26-13)19(22)25-6;1-17-11-5-4-10(14(9-11)18-2)8-12-6-7-13(20-12)15(16)19-3;1-11-6-4-7(12-2)9(10)8(5-6)13-3;1-9-7-4-3-5-8(6-7)10-2;1-10-7(9)6-3-2-5(4-8)11-6;1-5(2,3)4(6)7/h9-10,12-15H,11H2,1-8H3,(H,29,31);7-8,10-11H,9H2,1-6H3;4-7,9H,8H2,1-3H3;4-5H,10H2,1-3H3;3-6H,1-2H3;2-3H,4H2,1H3;1-3H3. The second kappa shape index (κ2) is 49.7. The van der Waals surface area contributed by atoms with Gasteiger partial charge < -0.3 is 109 Å². The van der Waals surface area contributed by atoms with Gasteiger partial charge in [-0.25, -0.2) is 14.4 Å². The van der Waals surface area contributed by atoms with E-state index >= 15 is 0 Å². The summed E-state index contributed by atoms with van der Waals surface area (Å²) in [6, 6.07) is 39.6. The van der Waals surface area contributed by atoms with Gasteiger partial charge in [0.05, 0.1) is 138 Å². The lowest BCUT2D eigenvalue weighted by molar-refractivity contribution is -0.118. The van der Waals surface area contributed by atoms with E-state index in [2.05, 4.69) is 19.5 Å². The molecule has 4 aromatic heterocycles. The molecule has 1 amide bonds. The number of hydrogen-bond donors (Lipinski definition) is 2. The third-order valence-electron chi connectivity index (χ3n) is 17.4. The topological polar surface area (TPSA) is 367 Å². The number of nitrogens with one attached hydrogen (secondary N) is 1. The molecule has 10 aromatic rings. The SMILES string of the molecule is CC(C)(C)C(=O)Cl.COC(=O)c1ccc(CCl)o1.COC(=O)c1ccc(Cc2cc(C(=O)C(C)(C)C)c(OC)cc2OC)o1.COC(=O)c1ccc(Cc2ccc(OC)cc2OC)o1.COc1cc(OC)c(N)c(OC)c1.COc1cc(OC)c(NC(=O)c2ccc(Cc3cc(C(=O)C(C)(C)C)c(OC)cc3OC)o2)c(OC)c1.COc1cccc(OC)c1. The lowest BCUT2D eigenvalue weighted by atomic mass is 9.85. The number of halogens is 2. The highest BCUT2D eigenvalue weighted by Gasteiger charge is 2.30.